The smallest absolute Gasteiger partial charge is 0.212 e. The first-order valence-corrected chi connectivity index (χ1v) is 9.59. The highest BCUT2D eigenvalue weighted by molar-refractivity contribution is 6.30. The predicted molar refractivity (Wildman–Crippen MR) is 109 cm³/mol. The molecule has 5 heterocycles. The van der Waals surface area contributed by atoms with Gasteiger partial charge in [-0.1, -0.05) is 11.6 Å². The van der Waals surface area contributed by atoms with Crippen molar-refractivity contribution >= 4 is 40.2 Å². The van der Waals surface area contributed by atoms with Gasteiger partial charge in [0.25, 0.3) is 0 Å². The second kappa shape index (κ2) is 6.02. The Morgan fingerprint density at radius 2 is 2.00 bits per heavy atom. The Labute approximate surface area is 169 Å². The molecule has 29 heavy (non-hydrogen) atoms. The molecule has 0 amide bonds. The molecule has 3 N–H and O–H groups in total. The van der Waals surface area contributed by atoms with Crippen LogP contribution in [-0.4, -0.2) is 38.1 Å². The van der Waals surface area contributed by atoms with Crippen LogP contribution < -0.4 is 20.5 Å². The maximum atomic E-state index is 6.21. The van der Waals surface area contributed by atoms with Crippen molar-refractivity contribution in [3.05, 3.63) is 47.4 Å². The fraction of sp³-hybridized carbons (Fsp3) is 0.211. The van der Waals surface area contributed by atoms with Crippen molar-refractivity contribution in [2.75, 3.05) is 18.5 Å². The number of guanidine groups is 1. The largest absolute Gasteiger partial charge is 0.489 e. The maximum absolute atomic E-state index is 6.21. The number of nitrogens with one attached hydrogen (secondary N) is 1. The minimum Gasteiger partial charge on any atom is -0.489 e. The molecule has 10 heteroatoms. The molecule has 0 saturated carbocycles. The van der Waals surface area contributed by atoms with E-state index in [9.17, 15) is 0 Å². The Balaban J connectivity index is 1.59. The van der Waals surface area contributed by atoms with Crippen LogP contribution >= 0.6 is 11.6 Å². The molecule has 0 fully saturated rings. The van der Waals surface area contributed by atoms with Gasteiger partial charge < -0.3 is 15.2 Å². The molecule has 9 nitrogen and oxygen atoms in total. The van der Waals surface area contributed by atoms with Gasteiger partial charge in [0.15, 0.2) is 23.6 Å². The summed E-state index contributed by atoms with van der Waals surface area (Å²) in [6.07, 6.45) is 3.96. The van der Waals surface area contributed by atoms with E-state index < -0.39 is 6.17 Å². The van der Waals surface area contributed by atoms with Gasteiger partial charge in [-0.2, -0.15) is 0 Å². The third kappa shape index (κ3) is 2.51. The van der Waals surface area contributed by atoms with Crippen molar-refractivity contribution in [1.82, 2.24) is 18.9 Å². The van der Waals surface area contributed by atoms with E-state index in [0.717, 1.165) is 28.8 Å². The van der Waals surface area contributed by atoms with Crippen molar-refractivity contribution in [3.63, 3.8) is 0 Å². The molecule has 0 bridgehead atoms. The number of fused-ring (bicyclic) bond motifs is 5. The molecule has 1 atom stereocenters. The molecule has 0 spiro atoms. The van der Waals surface area contributed by atoms with Crippen LogP contribution in [-0.2, 0) is 0 Å². The van der Waals surface area contributed by atoms with E-state index in [1.54, 1.807) is 12.3 Å². The van der Waals surface area contributed by atoms with Crippen molar-refractivity contribution in [1.29, 1.82) is 0 Å². The number of rotatable bonds is 1. The first-order chi connectivity index (χ1) is 14.2. The summed E-state index contributed by atoms with van der Waals surface area (Å²) in [4.78, 5) is 13.8. The zero-order chi connectivity index (χ0) is 19.5. The standard InChI is InChI=1S/C19H16ClN7O2/c20-10-2-3-16-22-8-13(26(16)9-10)17-24-18(21)25-19-23-11-6-14-15(7-12(11)27(17)19)29-5-1-4-28-14/h2-3,6-9,17H,1,4-5H2,(H3,21,23,24,25)/t17-/m0/s1. The highest BCUT2D eigenvalue weighted by Gasteiger charge is 2.29. The van der Waals surface area contributed by atoms with Crippen LogP contribution in [0, 0.1) is 0 Å². The molecule has 0 aliphatic carbocycles. The van der Waals surface area contributed by atoms with Crippen molar-refractivity contribution in [2.24, 2.45) is 10.7 Å². The van der Waals surface area contributed by atoms with Crippen LogP contribution in [0.4, 0.5) is 5.95 Å². The fourth-order valence-corrected chi connectivity index (χ4v) is 3.95. The van der Waals surface area contributed by atoms with Gasteiger partial charge in [-0.05, 0) is 12.1 Å². The van der Waals surface area contributed by atoms with Crippen LogP contribution in [0.2, 0.25) is 5.02 Å². The van der Waals surface area contributed by atoms with Gasteiger partial charge in [-0.3, -0.25) is 14.3 Å². The lowest BCUT2D eigenvalue weighted by Crippen LogP contribution is -2.31. The number of ether oxygens (including phenoxy) is 2. The summed E-state index contributed by atoms with van der Waals surface area (Å²) in [6, 6.07) is 7.49. The maximum Gasteiger partial charge on any atom is 0.212 e. The quantitative estimate of drug-likeness (QED) is 0.501. The van der Waals surface area contributed by atoms with E-state index in [1.165, 1.54) is 0 Å². The van der Waals surface area contributed by atoms with Gasteiger partial charge >= 0.3 is 0 Å². The normalized spacial score (nSPS) is 18.2. The second-order valence-corrected chi connectivity index (χ2v) is 7.35. The lowest BCUT2D eigenvalue weighted by atomic mass is 10.2. The number of hydrogen-bond acceptors (Lipinski definition) is 7. The molecule has 2 aliphatic rings. The lowest BCUT2D eigenvalue weighted by Gasteiger charge is -2.23. The molecule has 2 aliphatic heterocycles. The molecule has 1 aromatic carbocycles. The number of pyridine rings is 1. The van der Waals surface area contributed by atoms with Crippen molar-refractivity contribution in [3.8, 4) is 11.5 Å². The minimum atomic E-state index is -0.463. The number of hydrogen-bond donors (Lipinski definition) is 2. The van der Waals surface area contributed by atoms with Gasteiger partial charge in [-0.15, -0.1) is 0 Å². The topological polar surface area (TPSA) is 104 Å². The van der Waals surface area contributed by atoms with E-state index >= 15 is 0 Å². The van der Waals surface area contributed by atoms with E-state index in [4.69, 9.17) is 31.8 Å². The summed E-state index contributed by atoms with van der Waals surface area (Å²) >= 11 is 6.21. The van der Waals surface area contributed by atoms with Gasteiger partial charge in [0, 0.05) is 24.8 Å². The van der Waals surface area contributed by atoms with Gasteiger partial charge in [0.1, 0.15) is 5.65 Å². The highest BCUT2D eigenvalue weighted by atomic mass is 35.5. The summed E-state index contributed by atoms with van der Waals surface area (Å²) in [7, 11) is 0. The number of aliphatic imine (C=N–C) groups is 1. The monoisotopic (exact) mass is 409 g/mol. The van der Waals surface area contributed by atoms with Crippen LogP contribution in [0.3, 0.4) is 0 Å². The average Bonchev–Trinajstić information content (AvgIpc) is 3.18. The van der Waals surface area contributed by atoms with E-state index in [-0.39, 0.29) is 5.96 Å². The summed E-state index contributed by atoms with van der Waals surface area (Å²) in [5.74, 6) is 2.26. The first-order valence-electron chi connectivity index (χ1n) is 9.22. The number of nitrogens with zero attached hydrogens (tertiary/aromatic N) is 5. The van der Waals surface area contributed by atoms with E-state index in [2.05, 4.69) is 15.3 Å². The highest BCUT2D eigenvalue weighted by Crippen LogP contribution is 2.39. The molecule has 4 aromatic rings. The van der Waals surface area contributed by atoms with E-state index in [0.29, 0.717) is 35.7 Å². The summed E-state index contributed by atoms with van der Waals surface area (Å²) in [5.41, 5.74) is 9.27. The molecule has 0 saturated heterocycles. The van der Waals surface area contributed by atoms with Gasteiger partial charge in [-0.25, -0.2) is 15.0 Å². The molecule has 3 aromatic heterocycles. The Morgan fingerprint density at radius 3 is 2.86 bits per heavy atom. The Kier molecular flexibility index (Phi) is 3.42. The minimum absolute atomic E-state index is 0.281. The SMILES string of the molecule is NC1=N[C@H](c2cnc3ccc(Cl)cn23)n2c(nc3cc4c(cc32)OCCCO4)N1. The Bertz CT molecular complexity index is 1310. The van der Waals surface area contributed by atoms with Gasteiger partial charge in [0.2, 0.25) is 5.95 Å². The number of imidazole rings is 2. The summed E-state index contributed by atoms with van der Waals surface area (Å²) in [5, 5.41) is 3.65. The van der Waals surface area contributed by atoms with Gasteiger partial charge in [0.05, 0.1) is 41.2 Å². The van der Waals surface area contributed by atoms with Crippen LogP contribution in [0.5, 0.6) is 11.5 Å². The third-order valence-corrected chi connectivity index (χ3v) is 5.29. The Morgan fingerprint density at radius 1 is 1.17 bits per heavy atom. The van der Waals surface area contributed by atoms with Crippen molar-refractivity contribution < 1.29 is 9.47 Å². The van der Waals surface area contributed by atoms with E-state index in [1.807, 2.05) is 33.4 Å². The summed E-state index contributed by atoms with van der Waals surface area (Å²) in [6.45, 7) is 1.23. The Hall–Kier alpha value is -3.46. The third-order valence-electron chi connectivity index (χ3n) is 5.07. The van der Waals surface area contributed by atoms with Crippen molar-refractivity contribution in [2.45, 2.75) is 12.6 Å². The average molecular weight is 410 g/mol. The molecule has 6 rings (SSSR count). The number of nitrogens with two attached hydrogens (primary N) is 1. The molecule has 0 unspecified atom stereocenters. The molecular weight excluding hydrogens is 394 g/mol. The zero-order valence-electron chi connectivity index (χ0n) is 15.2. The number of aromatic nitrogens is 4. The fourth-order valence-electron chi connectivity index (χ4n) is 3.79. The molecule has 146 valence electrons. The number of anilines is 1. The summed E-state index contributed by atoms with van der Waals surface area (Å²) < 4.78 is 15.6. The first kappa shape index (κ1) is 16.5. The molecular formula is C19H16ClN7O2. The molecule has 0 radical (unpaired) electrons. The lowest BCUT2D eigenvalue weighted by molar-refractivity contribution is 0.297. The van der Waals surface area contributed by atoms with Crippen LogP contribution in [0.25, 0.3) is 16.7 Å². The number of benzene rings is 1. The zero-order valence-corrected chi connectivity index (χ0v) is 15.9. The second-order valence-electron chi connectivity index (χ2n) is 6.92. The number of halogens is 1. The predicted octanol–water partition coefficient (Wildman–Crippen LogP) is 2.79. The van der Waals surface area contributed by atoms with Crippen LogP contribution in [0.15, 0.2) is 41.7 Å². The van der Waals surface area contributed by atoms with Crippen LogP contribution in [0.1, 0.15) is 18.3 Å².